The topological polar surface area (TPSA) is 127 Å². The molecule has 5 rings (SSSR count). The molecule has 47 heavy (non-hydrogen) atoms. The van der Waals surface area contributed by atoms with Crippen LogP contribution in [-0.4, -0.2) is 65.6 Å². The number of phenolic OH excluding ortho intramolecular Hbond substituents is 1. The lowest BCUT2D eigenvalue weighted by Crippen LogP contribution is -2.45. The van der Waals surface area contributed by atoms with Gasteiger partial charge in [0.2, 0.25) is 5.91 Å². The summed E-state index contributed by atoms with van der Waals surface area (Å²) in [6, 6.07) is 21.4. The van der Waals surface area contributed by atoms with E-state index >= 15 is 0 Å². The van der Waals surface area contributed by atoms with E-state index in [1.165, 1.54) is 25.7 Å². The Morgan fingerprint density at radius 2 is 1.55 bits per heavy atom. The van der Waals surface area contributed by atoms with Crippen LogP contribution in [-0.2, 0) is 24.2 Å². The van der Waals surface area contributed by atoms with Gasteiger partial charge in [-0.25, -0.2) is 0 Å². The van der Waals surface area contributed by atoms with Crippen LogP contribution in [0, 0.1) is 0 Å². The van der Waals surface area contributed by atoms with Crippen molar-refractivity contribution in [2.45, 2.75) is 70.4 Å². The van der Waals surface area contributed by atoms with Crippen LogP contribution in [0.2, 0.25) is 0 Å². The Labute approximate surface area is 280 Å². The van der Waals surface area contributed by atoms with Crippen LogP contribution in [0.3, 0.4) is 0 Å². The van der Waals surface area contributed by atoms with Crippen molar-refractivity contribution in [3.05, 3.63) is 98.7 Å². The molecule has 3 aromatic carbocycles. The molecule has 4 aromatic rings. The fourth-order valence-corrected chi connectivity index (χ4v) is 7.19. The number of carbonyl (C=O) groups excluding carboxylic acids is 2. The zero-order chi connectivity index (χ0) is 32.8. The van der Waals surface area contributed by atoms with Crippen LogP contribution >= 0.6 is 11.3 Å². The summed E-state index contributed by atoms with van der Waals surface area (Å²) in [5.74, 6) is 0.214. The van der Waals surface area contributed by atoms with Gasteiger partial charge in [0.1, 0.15) is 11.3 Å². The first-order valence-corrected chi connectivity index (χ1v) is 17.7. The number of nitrogens with zero attached hydrogens (tertiary/aromatic N) is 1. The molecule has 0 aliphatic heterocycles. The molecule has 1 saturated carbocycles. The van der Waals surface area contributed by atoms with Crippen molar-refractivity contribution < 1.29 is 14.7 Å². The summed E-state index contributed by atoms with van der Waals surface area (Å²) in [6.07, 6.45) is 8.98. The summed E-state index contributed by atoms with van der Waals surface area (Å²) < 4.78 is 0.804. The van der Waals surface area contributed by atoms with Crippen LogP contribution in [0.15, 0.2) is 71.5 Å². The number of rotatable bonds is 16. The summed E-state index contributed by atoms with van der Waals surface area (Å²) >= 11 is 1.13. The highest BCUT2D eigenvalue weighted by molar-refractivity contribution is 7.16. The van der Waals surface area contributed by atoms with Gasteiger partial charge in [0.05, 0.1) is 4.70 Å². The van der Waals surface area contributed by atoms with Crippen molar-refractivity contribution in [2.75, 3.05) is 32.7 Å². The number of aromatic hydroxyl groups is 1. The molecule has 1 aliphatic carbocycles. The monoisotopic (exact) mass is 657 g/mol. The molecule has 0 bridgehead atoms. The molecule has 2 amide bonds. The number of H-pyrrole nitrogens is 1. The third-order valence-electron chi connectivity index (χ3n) is 8.94. The van der Waals surface area contributed by atoms with Gasteiger partial charge in [0.25, 0.3) is 5.91 Å². The van der Waals surface area contributed by atoms with Gasteiger partial charge in [-0.2, -0.15) is 0 Å². The highest BCUT2D eigenvalue weighted by Crippen LogP contribution is 2.28. The van der Waals surface area contributed by atoms with E-state index in [0.717, 1.165) is 71.5 Å². The maximum Gasteiger partial charge on any atom is 0.305 e. The first kappa shape index (κ1) is 34.3. The third-order valence-corrected chi connectivity index (χ3v) is 9.90. The lowest BCUT2D eigenvalue weighted by molar-refractivity contribution is -0.133. The van der Waals surface area contributed by atoms with Gasteiger partial charge >= 0.3 is 4.87 Å². The number of aromatic nitrogens is 1. The van der Waals surface area contributed by atoms with E-state index < -0.39 is 0 Å². The molecule has 5 N–H and O–H groups in total. The molecular formula is C37H47N5O4S. The minimum absolute atomic E-state index is 0.0830. The smallest absolute Gasteiger partial charge is 0.305 e. The van der Waals surface area contributed by atoms with Gasteiger partial charge < -0.3 is 30.9 Å². The van der Waals surface area contributed by atoms with E-state index in [1.807, 2.05) is 60.7 Å². The average Bonchev–Trinajstić information content (AvgIpc) is 3.30. The number of fused-ring (bicyclic) bond motifs is 1. The van der Waals surface area contributed by atoms with E-state index in [0.29, 0.717) is 49.7 Å². The highest BCUT2D eigenvalue weighted by atomic mass is 32.1. The molecule has 1 aromatic heterocycles. The van der Waals surface area contributed by atoms with Crippen molar-refractivity contribution in [1.82, 2.24) is 25.8 Å². The van der Waals surface area contributed by atoms with Crippen molar-refractivity contribution in [3.63, 3.8) is 0 Å². The van der Waals surface area contributed by atoms with Crippen LogP contribution < -0.4 is 20.8 Å². The zero-order valence-corrected chi connectivity index (χ0v) is 27.9. The Morgan fingerprint density at radius 3 is 2.32 bits per heavy atom. The van der Waals surface area contributed by atoms with Crippen LogP contribution in [0.5, 0.6) is 5.75 Å². The maximum absolute atomic E-state index is 13.5. The quantitative estimate of drug-likeness (QED) is 0.0841. The second-order valence-electron chi connectivity index (χ2n) is 12.3. The zero-order valence-electron chi connectivity index (χ0n) is 27.1. The fraction of sp³-hybridized carbons (Fsp3) is 0.432. The minimum atomic E-state index is -0.169. The van der Waals surface area contributed by atoms with E-state index in [4.69, 9.17) is 0 Å². The Bertz CT molecular complexity index is 1630. The number of thiazole rings is 1. The SMILES string of the molecule is O=C(NCc1ccccc1)c1ccc(CCNCCC(=O)N(CCNCCc2ccc(O)c3[nH]c(=O)sc23)C2CCCCCC2)cc1. The number of phenols is 1. The van der Waals surface area contributed by atoms with Gasteiger partial charge in [-0.3, -0.25) is 14.4 Å². The number of nitrogens with one attached hydrogen (secondary N) is 4. The van der Waals surface area contributed by atoms with Crippen molar-refractivity contribution in [2.24, 2.45) is 0 Å². The van der Waals surface area contributed by atoms with Gasteiger partial charge in [0.15, 0.2) is 0 Å². The number of aromatic amines is 1. The number of hydrogen-bond acceptors (Lipinski definition) is 7. The number of amides is 2. The van der Waals surface area contributed by atoms with E-state index in [-0.39, 0.29) is 22.4 Å². The van der Waals surface area contributed by atoms with Gasteiger partial charge in [0, 0.05) is 44.2 Å². The summed E-state index contributed by atoms with van der Waals surface area (Å²) in [7, 11) is 0. The molecule has 0 saturated heterocycles. The summed E-state index contributed by atoms with van der Waals surface area (Å²) in [5.41, 5.74) is 4.39. The van der Waals surface area contributed by atoms with Crippen LogP contribution in [0.25, 0.3) is 10.2 Å². The first-order valence-electron chi connectivity index (χ1n) is 16.9. The summed E-state index contributed by atoms with van der Waals surface area (Å²) in [5, 5.41) is 20.0. The number of hydrogen-bond donors (Lipinski definition) is 5. The Kier molecular flexibility index (Phi) is 13.0. The molecule has 9 nitrogen and oxygen atoms in total. The van der Waals surface area contributed by atoms with Gasteiger partial charge in [-0.15, -0.1) is 0 Å². The molecule has 0 atom stereocenters. The van der Waals surface area contributed by atoms with Gasteiger partial charge in [-0.1, -0.05) is 85.6 Å². The molecule has 1 aliphatic rings. The minimum Gasteiger partial charge on any atom is -0.506 e. The lowest BCUT2D eigenvalue weighted by atomic mass is 10.1. The van der Waals surface area contributed by atoms with Crippen LogP contribution in [0.4, 0.5) is 0 Å². The molecular weight excluding hydrogens is 611 g/mol. The van der Waals surface area contributed by atoms with Gasteiger partial charge in [-0.05, 0) is 73.7 Å². The first-order chi connectivity index (χ1) is 23.0. The van der Waals surface area contributed by atoms with Crippen LogP contribution in [0.1, 0.15) is 72.0 Å². The van der Waals surface area contributed by atoms with Crippen molar-refractivity contribution in [1.29, 1.82) is 0 Å². The predicted octanol–water partition coefficient (Wildman–Crippen LogP) is 5.13. The lowest BCUT2D eigenvalue weighted by Gasteiger charge is -2.32. The predicted molar refractivity (Wildman–Crippen MR) is 189 cm³/mol. The molecule has 0 spiro atoms. The second kappa shape index (κ2) is 17.8. The summed E-state index contributed by atoms with van der Waals surface area (Å²) in [4.78, 5) is 42.5. The second-order valence-corrected chi connectivity index (χ2v) is 13.3. The van der Waals surface area contributed by atoms with E-state index in [9.17, 15) is 19.5 Å². The van der Waals surface area contributed by atoms with Crippen molar-refractivity contribution >= 4 is 33.4 Å². The summed E-state index contributed by atoms with van der Waals surface area (Å²) in [6.45, 7) is 4.00. The standard InChI is InChI=1S/C37H47N5O4S/c43-32-17-16-29(35-34(32)41-37(46)47-35)19-22-39-24-25-42(31-10-6-1-2-7-11-31)33(44)20-23-38-21-18-27-12-14-30(15-13-27)36(45)40-26-28-8-4-3-5-9-28/h3-5,8-9,12-17,31,38-39,43H,1-2,6-7,10-11,18-26H2,(H,40,45)(H,41,46). The Hall–Kier alpha value is -3.99. The maximum atomic E-state index is 13.5. The number of carbonyl (C=O) groups is 2. The Balaban J connectivity index is 1.03. The third kappa shape index (κ3) is 10.2. The molecule has 250 valence electrons. The Morgan fingerprint density at radius 1 is 0.830 bits per heavy atom. The molecule has 0 radical (unpaired) electrons. The molecule has 0 unspecified atom stereocenters. The molecule has 1 heterocycles. The highest BCUT2D eigenvalue weighted by Gasteiger charge is 2.24. The van der Waals surface area contributed by atoms with E-state index in [1.54, 1.807) is 6.07 Å². The van der Waals surface area contributed by atoms with Crippen molar-refractivity contribution in [3.8, 4) is 5.75 Å². The number of benzene rings is 3. The largest absolute Gasteiger partial charge is 0.506 e. The van der Waals surface area contributed by atoms with E-state index in [2.05, 4.69) is 25.8 Å². The molecule has 1 fully saturated rings. The molecule has 10 heteroatoms. The average molecular weight is 658 g/mol. The normalized spacial score (nSPS) is 13.8. The fourth-order valence-electron chi connectivity index (χ4n) is 6.30.